The summed E-state index contributed by atoms with van der Waals surface area (Å²) in [7, 11) is 0. The van der Waals surface area contributed by atoms with Crippen molar-refractivity contribution in [3.05, 3.63) is 47.5 Å². The number of benzene rings is 2. The first kappa shape index (κ1) is 9.65. The normalized spacial score (nSPS) is 11.6. The lowest BCUT2D eigenvalue weighted by Gasteiger charge is -2.25. The average molecular weight is 208 g/mol. The van der Waals surface area contributed by atoms with E-state index in [0.717, 1.165) is 12.8 Å². The monoisotopic (exact) mass is 208 g/mol. The van der Waals surface area contributed by atoms with E-state index in [1.165, 1.54) is 33.4 Å². The van der Waals surface area contributed by atoms with E-state index in [1.54, 1.807) is 0 Å². The van der Waals surface area contributed by atoms with Crippen molar-refractivity contribution in [1.29, 1.82) is 0 Å². The van der Waals surface area contributed by atoms with E-state index >= 15 is 0 Å². The van der Waals surface area contributed by atoms with Crippen LogP contribution in [0, 0.1) is 0 Å². The Bertz CT molecular complexity index is 484. The molecule has 0 saturated heterocycles. The van der Waals surface area contributed by atoms with Gasteiger partial charge in [0, 0.05) is 0 Å². The second-order valence-corrected chi connectivity index (χ2v) is 4.47. The molecule has 16 heavy (non-hydrogen) atoms. The third kappa shape index (κ3) is 1.23. The summed E-state index contributed by atoms with van der Waals surface area (Å²) in [5, 5.41) is 0. The molecule has 0 amide bonds. The van der Waals surface area contributed by atoms with E-state index in [-0.39, 0.29) is 0 Å². The van der Waals surface area contributed by atoms with E-state index in [1.807, 2.05) is 0 Å². The first-order valence-electron chi connectivity index (χ1n) is 6.10. The summed E-state index contributed by atoms with van der Waals surface area (Å²) >= 11 is 0. The van der Waals surface area contributed by atoms with Gasteiger partial charge in [-0.25, -0.2) is 0 Å². The fourth-order valence-electron chi connectivity index (χ4n) is 2.48. The molecule has 0 radical (unpaired) electrons. The summed E-state index contributed by atoms with van der Waals surface area (Å²) in [5.41, 5.74) is 8.62. The summed E-state index contributed by atoms with van der Waals surface area (Å²) in [5.74, 6) is 0. The Morgan fingerprint density at radius 3 is 1.44 bits per heavy atom. The van der Waals surface area contributed by atoms with Crippen LogP contribution < -0.4 is 0 Å². The van der Waals surface area contributed by atoms with Crippen molar-refractivity contribution in [3.8, 4) is 22.3 Å². The molecule has 0 unspecified atom stereocenters. The smallest absolute Gasteiger partial charge is 0.00962 e. The predicted molar refractivity (Wildman–Crippen MR) is 69.6 cm³/mol. The van der Waals surface area contributed by atoms with E-state index < -0.39 is 0 Å². The van der Waals surface area contributed by atoms with Crippen molar-refractivity contribution in [3.63, 3.8) is 0 Å². The SMILES string of the molecule is CCc1ccc2c(c1)-c1ccc(CC)cc1-2. The predicted octanol–water partition coefficient (Wildman–Crippen LogP) is 4.46. The summed E-state index contributed by atoms with van der Waals surface area (Å²) in [6.07, 6.45) is 2.24. The van der Waals surface area contributed by atoms with Gasteiger partial charge in [-0.05, 0) is 46.2 Å². The summed E-state index contributed by atoms with van der Waals surface area (Å²) in [6, 6.07) is 13.7. The van der Waals surface area contributed by atoms with Crippen LogP contribution in [0.3, 0.4) is 0 Å². The van der Waals surface area contributed by atoms with Gasteiger partial charge in [0.25, 0.3) is 0 Å². The molecule has 0 aromatic heterocycles. The van der Waals surface area contributed by atoms with Gasteiger partial charge in [-0.3, -0.25) is 0 Å². The Morgan fingerprint density at radius 1 is 0.625 bits per heavy atom. The van der Waals surface area contributed by atoms with Crippen LogP contribution in [0.15, 0.2) is 36.4 Å². The first-order valence-corrected chi connectivity index (χ1v) is 6.10. The van der Waals surface area contributed by atoms with Crippen LogP contribution >= 0.6 is 0 Å². The molecular formula is C16H16. The number of rotatable bonds is 2. The van der Waals surface area contributed by atoms with Crippen LogP contribution in [0.1, 0.15) is 25.0 Å². The van der Waals surface area contributed by atoms with Crippen molar-refractivity contribution < 1.29 is 0 Å². The second-order valence-electron chi connectivity index (χ2n) is 4.47. The Balaban J connectivity index is 2.10. The number of fused-ring (bicyclic) bond motifs is 4. The average Bonchev–Trinajstić information content (AvgIpc) is 2.34. The largest absolute Gasteiger partial charge is 0.0613 e. The first-order chi connectivity index (χ1) is 7.83. The van der Waals surface area contributed by atoms with Crippen LogP contribution in [0.4, 0.5) is 0 Å². The highest BCUT2D eigenvalue weighted by atomic mass is 14.2. The molecule has 1 aliphatic rings. The molecule has 0 nitrogen and oxygen atoms in total. The number of aryl methyl sites for hydroxylation is 2. The molecule has 3 rings (SSSR count). The Morgan fingerprint density at radius 2 is 1.06 bits per heavy atom. The van der Waals surface area contributed by atoms with E-state index in [0.29, 0.717) is 0 Å². The third-order valence-electron chi connectivity index (χ3n) is 3.56. The Kier molecular flexibility index (Phi) is 2.10. The fourth-order valence-corrected chi connectivity index (χ4v) is 2.48. The number of hydrogen-bond donors (Lipinski definition) is 0. The lowest BCUT2D eigenvalue weighted by Crippen LogP contribution is -2.00. The highest BCUT2D eigenvalue weighted by Crippen LogP contribution is 2.47. The van der Waals surface area contributed by atoms with Crippen LogP contribution in [-0.4, -0.2) is 0 Å². The van der Waals surface area contributed by atoms with Crippen molar-refractivity contribution >= 4 is 0 Å². The van der Waals surface area contributed by atoms with Gasteiger partial charge in [0.15, 0.2) is 0 Å². The van der Waals surface area contributed by atoms with Crippen LogP contribution in [0.2, 0.25) is 0 Å². The summed E-state index contributed by atoms with van der Waals surface area (Å²) in [4.78, 5) is 0. The zero-order valence-corrected chi connectivity index (χ0v) is 9.88. The minimum absolute atomic E-state index is 1.12. The highest BCUT2D eigenvalue weighted by Gasteiger charge is 2.21. The van der Waals surface area contributed by atoms with Crippen molar-refractivity contribution in [2.45, 2.75) is 26.7 Å². The zero-order chi connectivity index (χ0) is 11.1. The van der Waals surface area contributed by atoms with Gasteiger partial charge >= 0.3 is 0 Å². The van der Waals surface area contributed by atoms with Crippen molar-refractivity contribution in [2.24, 2.45) is 0 Å². The standard InChI is InChI=1S/C16H16/c1-3-11-5-7-13-15(9-11)14-8-6-12(4-2)10-16(13)14/h5-10H,3-4H2,1-2H3. The molecule has 1 aliphatic carbocycles. The van der Waals surface area contributed by atoms with E-state index in [9.17, 15) is 0 Å². The molecular weight excluding hydrogens is 192 g/mol. The summed E-state index contributed by atoms with van der Waals surface area (Å²) in [6.45, 7) is 4.42. The van der Waals surface area contributed by atoms with Gasteiger partial charge < -0.3 is 0 Å². The molecule has 0 heteroatoms. The fraction of sp³-hybridized carbons (Fsp3) is 0.250. The molecule has 0 aliphatic heterocycles. The van der Waals surface area contributed by atoms with Gasteiger partial charge in [0.05, 0.1) is 0 Å². The maximum absolute atomic E-state index is 2.34. The summed E-state index contributed by atoms with van der Waals surface area (Å²) < 4.78 is 0. The maximum atomic E-state index is 2.34. The molecule has 0 spiro atoms. The van der Waals surface area contributed by atoms with Crippen LogP contribution in [0.5, 0.6) is 0 Å². The molecule has 0 heterocycles. The van der Waals surface area contributed by atoms with Crippen molar-refractivity contribution in [2.75, 3.05) is 0 Å². The zero-order valence-electron chi connectivity index (χ0n) is 9.88. The minimum atomic E-state index is 1.12. The molecule has 2 aromatic rings. The second kappa shape index (κ2) is 3.48. The Labute approximate surface area is 96.9 Å². The van der Waals surface area contributed by atoms with Gasteiger partial charge in [0.1, 0.15) is 0 Å². The molecule has 0 bridgehead atoms. The lowest BCUT2D eigenvalue weighted by molar-refractivity contribution is 1.13. The quantitative estimate of drug-likeness (QED) is 0.583. The Hall–Kier alpha value is -1.56. The van der Waals surface area contributed by atoms with Gasteiger partial charge in [-0.2, -0.15) is 0 Å². The molecule has 2 aromatic carbocycles. The van der Waals surface area contributed by atoms with E-state index in [2.05, 4.69) is 50.2 Å². The third-order valence-corrected chi connectivity index (χ3v) is 3.56. The maximum Gasteiger partial charge on any atom is -0.00962 e. The molecule has 0 N–H and O–H groups in total. The topological polar surface area (TPSA) is 0 Å². The van der Waals surface area contributed by atoms with Crippen LogP contribution in [0.25, 0.3) is 22.3 Å². The molecule has 80 valence electrons. The lowest BCUT2D eigenvalue weighted by atomic mass is 9.78. The molecule has 0 atom stereocenters. The highest BCUT2D eigenvalue weighted by molar-refractivity contribution is 6.02. The minimum Gasteiger partial charge on any atom is -0.0613 e. The molecule has 0 fully saturated rings. The number of hydrogen-bond acceptors (Lipinski definition) is 0. The van der Waals surface area contributed by atoms with E-state index in [4.69, 9.17) is 0 Å². The van der Waals surface area contributed by atoms with Gasteiger partial charge in [-0.15, -0.1) is 0 Å². The van der Waals surface area contributed by atoms with Gasteiger partial charge in [0.2, 0.25) is 0 Å². The van der Waals surface area contributed by atoms with Crippen LogP contribution in [-0.2, 0) is 12.8 Å². The van der Waals surface area contributed by atoms with Gasteiger partial charge in [-0.1, -0.05) is 50.2 Å². The van der Waals surface area contributed by atoms with Crippen molar-refractivity contribution in [1.82, 2.24) is 0 Å². The molecule has 0 saturated carbocycles.